The summed E-state index contributed by atoms with van der Waals surface area (Å²) in [6, 6.07) is 0. The van der Waals surface area contributed by atoms with Crippen LogP contribution in [-0.4, -0.2) is 63.0 Å². The van der Waals surface area contributed by atoms with E-state index in [1.165, 1.54) is 0 Å². The smallest absolute Gasteiger partial charge is 0.0599 e. The SMILES string of the molecule is CC(C)(C)OCCNCCN1CCOCC1. The van der Waals surface area contributed by atoms with Crippen LogP contribution in [0.15, 0.2) is 0 Å². The summed E-state index contributed by atoms with van der Waals surface area (Å²) in [7, 11) is 0. The molecule has 0 aliphatic carbocycles. The van der Waals surface area contributed by atoms with Crippen LogP contribution in [0.5, 0.6) is 0 Å². The van der Waals surface area contributed by atoms with E-state index in [1.807, 2.05) is 0 Å². The van der Waals surface area contributed by atoms with Crippen molar-refractivity contribution in [2.75, 3.05) is 52.5 Å². The first-order valence-corrected chi connectivity index (χ1v) is 6.23. The van der Waals surface area contributed by atoms with Crippen molar-refractivity contribution in [3.8, 4) is 0 Å². The first kappa shape index (κ1) is 13.9. The van der Waals surface area contributed by atoms with Gasteiger partial charge in [0.05, 0.1) is 25.4 Å². The second kappa shape index (κ2) is 7.22. The Labute approximate surface area is 99.3 Å². The van der Waals surface area contributed by atoms with E-state index in [2.05, 4.69) is 31.0 Å². The number of nitrogens with zero attached hydrogens (tertiary/aromatic N) is 1. The van der Waals surface area contributed by atoms with Crippen LogP contribution in [0, 0.1) is 0 Å². The summed E-state index contributed by atoms with van der Waals surface area (Å²) in [4.78, 5) is 2.43. The predicted octanol–water partition coefficient (Wildman–Crippen LogP) is 0.723. The minimum atomic E-state index is -0.0219. The van der Waals surface area contributed by atoms with E-state index in [9.17, 15) is 0 Å². The van der Waals surface area contributed by atoms with Crippen LogP contribution in [0.1, 0.15) is 20.8 Å². The molecule has 0 aromatic heterocycles. The molecule has 0 saturated carbocycles. The van der Waals surface area contributed by atoms with Gasteiger partial charge in [0.1, 0.15) is 0 Å². The third-order valence-electron chi connectivity index (χ3n) is 2.52. The highest BCUT2D eigenvalue weighted by molar-refractivity contribution is 4.63. The fourth-order valence-corrected chi connectivity index (χ4v) is 1.62. The van der Waals surface area contributed by atoms with E-state index in [0.29, 0.717) is 0 Å². The standard InChI is InChI=1S/C12H26N2O2/c1-12(2,3)16-9-5-13-4-6-14-7-10-15-11-8-14/h13H,4-11H2,1-3H3. The molecule has 0 atom stereocenters. The second-order valence-electron chi connectivity index (χ2n) is 5.16. The Morgan fingerprint density at radius 1 is 1.19 bits per heavy atom. The molecule has 0 radical (unpaired) electrons. The van der Waals surface area contributed by atoms with Crippen molar-refractivity contribution >= 4 is 0 Å². The number of hydrogen-bond acceptors (Lipinski definition) is 4. The first-order chi connectivity index (χ1) is 7.58. The minimum Gasteiger partial charge on any atom is -0.379 e. The zero-order valence-corrected chi connectivity index (χ0v) is 10.9. The maximum atomic E-state index is 5.63. The Morgan fingerprint density at radius 3 is 2.50 bits per heavy atom. The van der Waals surface area contributed by atoms with Crippen molar-refractivity contribution in [1.82, 2.24) is 10.2 Å². The van der Waals surface area contributed by atoms with E-state index in [-0.39, 0.29) is 5.60 Å². The molecular formula is C12H26N2O2. The summed E-state index contributed by atoms with van der Waals surface area (Å²) in [5, 5.41) is 3.40. The van der Waals surface area contributed by atoms with Crippen molar-refractivity contribution < 1.29 is 9.47 Å². The quantitative estimate of drug-likeness (QED) is 0.682. The molecule has 0 aromatic rings. The molecule has 1 rings (SSSR count). The zero-order valence-electron chi connectivity index (χ0n) is 10.9. The van der Waals surface area contributed by atoms with Gasteiger partial charge < -0.3 is 14.8 Å². The Kier molecular flexibility index (Phi) is 6.28. The molecule has 0 aromatic carbocycles. The van der Waals surface area contributed by atoms with Crippen molar-refractivity contribution in [3.63, 3.8) is 0 Å². The van der Waals surface area contributed by atoms with Gasteiger partial charge in [0.25, 0.3) is 0 Å². The first-order valence-electron chi connectivity index (χ1n) is 6.23. The Balaban J connectivity index is 1.87. The molecular weight excluding hydrogens is 204 g/mol. The van der Waals surface area contributed by atoms with Gasteiger partial charge in [0.2, 0.25) is 0 Å². The van der Waals surface area contributed by atoms with Crippen molar-refractivity contribution in [2.45, 2.75) is 26.4 Å². The lowest BCUT2D eigenvalue weighted by atomic mass is 10.2. The summed E-state index contributed by atoms with van der Waals surface area (Å²) in [6.45, 7) is 14.0. The fraction of sp³-hybridized carbons (Fsp3) is 1.00. The predicted molar refractivity (Wildman–Crippen MR) is 65.8 cm³/mol. The van der Waals surface area contributed by atoms with E-state index in [4.69, 9.17) is 9.47 Å². The van der Waals surface area contributed by atoms with Crippen molar-refractivity contribution in [2.24, 2.45) is 0 Å². The van der Waals surface area contributed by atoms with Crippen LogP contribution >= 0.6 is 0 Å². The second-order valence-corrected chi connectivity index (χ2v) is 5.16. The number of rotatable bonds is 6. The average molecular weight is 230 g/mol. The lowest BCUT2D eigenvalue weighted by molar-refractivity contribution is -0.00138. The van der Waals surface area contributed by atoms with Gasteiger partial charge in [-0.2, -0.15) is 0 Å². The molecule has 4 heteroatoms. The fourth-order valence-electron chi connectivity index (χ4n) is 1.62. The monoisotopic (exact) mass is 230 g/mol. The van der Waals surface area contributed by atoms with Gasteiger partial charge in [-0.05, 0) is 20.8 Å². The van der Waals surface area contributed by atoms with Crippen LogP contribution in [0.2, 0.25) is 0 Å². The minimum absolute atomic E-state index is 0.0219. The largest absolute Gasteiger partial charge is 0.379 e. The lowest BCUT2D eigenvalue weighted by Gasteiger charge is -2.26. The third kappa shape index (κ3) is 7.17. The van der Waals surface area contributed by atoms with Gasteiger partial charge in [-0.1, -0.05) is 0 Å². The molecule has 0 amide bonds. The normalized spacial score (nSPS) is 18.9. The maximum absolute atomic E-state index is 5.63. The van der Waals surface area contributed by atoms with Crippen molar-refractivity contribution in [1.29, 1.82) is 0 Å². The average Bonchev–Trinajstić information content (AvgIpc) is 2.23. The van der Waals surface area contributed by atoms with Gasteiger partial charge in [-0.3, -0.25) is 4.90 Å². The lowest BCUT2D eigenvalue weighted by Crippen LogP contribution is -2.40. The van der Waals surface area contributed by atoms with Crippen LogP contribution in [0.25, 0.3) is 0 Å². The van der Waals surface area contributed by atoms with Crippen LogP contribution < -0.4 is 5.32 Å². The van der Waals surface area contributed by atoms with Gasteiger partial charge in [-0.25, -0.2) is 0 Å². The maximum Gasteiger partial charge on any atom is 0.0599 e. The van der Waals surface area contributed by atoms with Gasteiger partial charge >= 0.3 is 0 Å². The number of morpholine rings is 1. The van der Waals surface area contributed by atoms with Gasteiger partial charge in [0.15, 0.2) is 0 Å². The Morgan fingerprint density at radius 2 is 1.88 bits per heavy atom. The molecule has 16 heavy (non-hydrogen) atoms. The van der Waals surface area contributed by atoms with E-state index < -0.39 is 0 Å². The number of ether oxygens (including phenoxy) is 2. The van der Waals surface area contributed by atoms with Crippen LogP contribution in [0.3, 0.4) is 0 Å². The Hall–Kier alpha value is -0.160. The molecule has 1 heterocycles. The van der Waals surface area contributed by atoms with Gasteiger partial charge in [0, 0.05) is 32.7 Å². The molecule has 1 fully saturated rings. The highest BCUT2D eigenvalue weighted by Gasteiger charge is 2.10. The topological polar surface area (TPSA) is 33.7 Å². The van der Waals surface area contributed by atoms with Gasteiger partial charge in [-0.15, -0.1) is 0 Å². The molecule has 1 aliphatic heterocycles. The number of hydrogen-bond donors (Lipinski definition) is 1. The van der Waals surface area contributed by atoms with E-state index in [0.717, 1.165) is 52.5 Å². The summed E-state index contributed by atoms with van der Waals surface area (Å²) in [5.41, 5.74) is -0.0219. The highest BCUT2D eigenvalue weighted by atomic mass is 16.5. The Bertz CT molecular complexity index is 174. The molecule has 0 unspecified atom stereocenters. The highest BCUT2D eigenvalue weighted by Crippen LogP contribution is 2.04. The summed E-state index contributed by atoms with van der Waals surface area (Å²) in [6.07, 6.45) is 0. The van der Waals surface area contributed by atoms with Crippen LogP contribution in [-0.2, 0) is 9.47 Å². The van der Waals surface area contributed by atoms with Crippen LogP contribution in [0.4, 0.5) is 0 Å². The molecule has 1 N–H and O–H groups in total. The zero-order chi connectivity index (χ0) is 11.9. The molecule has 0 bridgehead atoms. The third-order valence-corrected chi connectivity index (χ3v) is 2.52. The molecule has 4 nitrogen and oxygen atoms in total. The number of nitrogens with one attached hydrogen (secondary N) is 1. The molecule has 0 spiro atoms. The molecule has 96 valence electrons. The van der Waals surface area contributed by atoms with Crippen molar-refractivity contribution in [3.05, 3.63) is 0 Å². The molecule has 1 saturated heterocycles. The summed E-state index contributed by atoms with van der Waals surface area (Å²) in [5.74, 6) is 0. The summed E-state index contributed by atoms with van der Waals surface area (Å²) < 4.78 is 10.9. The summed E-state index contributed by atoms with van der Waals surface area (Å²) >= 11 is 0. The van der Waals surface area contributed by atoms with E-state index >= 15 is 0 Å². The molecule has 1 aliphatic rings. The van der Waals surface area contributed by atoms with E-state index in [1.54, 1.807) is 0 Å².